The van der Waals surface area contributed by atoms with Crippen LogP contribution in [0.4, 0.5) is 0 Å². The molecule has 8 heavy (non-hydrogen) atoms. The summed E-state index contributed by atoms with van der Waals surface area (Å²) in [5, 5.41) is 1.25. The minimum absolute atomic E-state index is 0.844. The molecule has 0 fully saturated rings. The molecule has 0 N–H and O–H groups in total. The first-order valence-corrected chi connectivity index (χ1v) is 3.41. The van der Waals surface area contributed by atoms with Crippen molar-refractivity contribution in [2.24, 2.45) is 0 Å². The van der Waals surface area contributed by atoms with Crippen LogP contribution in [-0.4, -0.2) is 30.9 Å². The van der Waals surface area contributed by atoms with E-state index in [9.17, 15) is 0 Å². The fraction of sp³-hybridized carbons (Fsp3) is 1.00. The van der Waals surface area contributed by atoms with E-state index in [1.165, 1.54) is 5.09 Å². The van der Waals surface area contributed by atoms with Crippen molar-refractivity contribution in [1.82, 2.24) is 0 Å². The molecule has 0 amide bonds. The minimum atomic E-state index is 0.844. The zero-order valence-electron chi connectivity index (χ0n) is 6.53. The summed E-state index contributed by atoms with van der Waals surface area (Å²) in [7, 11) is 0. The molecular weight excluding hydrogens is 95.0 g/mol. The Hall–Kier alpha value is 0.557. The van der Waals surface area contributed by atoms with E-state index in [0.717, 1.165) is 13.2 Å². The number of rotatable bonds is 2. The zero-order valence-corrected chi connectivity index (χ0v) is 6.53. The van der Waals surface area contributed by atoms with Crippen LogP contribution >= 0.6 is 0 Å². The quantitative estimate of drug-likeness (QED) is 0.491. The summed E-state index contributed by atoms with van der Waals surface area (Å²) in [6.07, 6.45) is 0. The molecule has 0 bridgehead atoms. The zero-order chi connectivity index (χ0) is 6.83. The van der Waals surface area contributed by atoms with Gasteiger partial charge in [-0.2, -0.15) is 0 Å². The summed E-state index contributed by atoms with van der Waals surface area (Å²) >= 11 is 2.12. The monoisotopic (exact) mass is 110 g/mol. The molecule has 0 aromatic carbocycles. The standard InChI is InChI=1S/C4H10O.C2H5.Li/c1-3-5-4-2;1-2;/h3-4H2,1-2H3;1H2,2H3;. The molecule has 0 aromatic heterocycles. The molecule has 0 heterocycles. The molecule has 0 aromatic rings. The topological polar surface area (TPSA) is 9.23 Å². The van der Waals surface area contributed by atoms with Gasteiger partial charge in [0.1, 0.15) is 0 Å². The van der Waals surface area contributed by atoms with E-state index < -0.39 is 0 Å². The number of hydrogen-bond donors (Lipinski definition) is 0. The van der Waals surface area contributed by atoms with Crippen LogP contribution in [0.25, 0.3) is 0 Å². The molecule has 0 rings (SSSR count). The maximum atomic E-state index is 4.83. The van der Waals surface area contributed by atoms with Crippen LogP contribution in [0.15, 0.2) is 0 Å². The SMILES string of the molecule is CCOCC.[Li][CH2]C. The summed E-state index contributed by atoms with van der Waals surface area (Å²) in [5.74, 6) is 0. The number of hydrogen-bond acceptors (Lipinski definition) is 1. The molecule has 46 valence electrons. The van der Waals surface area contributed by atoms with Gasteiger partial charge in [-0.25, -0.2) is 0 Å². The van der Waals surface area contributed by atoms with Crippen molar-refractivity contribution in [3.63, 3.8) is 0 Å². The Balaban J connectivity index is 0. The van der Waals surface area contributed by atoms with Gasteiger partial charge in [0.05, 0.1) is 0 Å². The van der Waals surface area contributed by atoms with Gasteiger partial charge >= 0.3 is 29.7 Å². The first-order chi connectivity index (χ1) is 3.83. The molecule has 0 unspecified atom stereocenters. The molecular formula is C6H15LiO. The molecule has 0 aliphatic carbocycles. The van der Waals surface area contributed by atoms with Crippen LogP contribution < -0.4 is 0 Å². The summed E-state index contributed by atoms with van der Waals surface area (Å²) in [6, 6.07) is 0. The molecule has 0 atom stereocenters. The Labute approximate surface area is 62.0 Å². The molecule has 0 spiro atoms. The van der Waals surface area contributed by atoms with Crippen molar-refractivity contribution in [1.29, 1.82) is 0 Å². The van der Waals surface area contributed by atoms with Gasteiger partial charge in [0.2, 0.25) is 0 Å². The molecule has 1 nitrogen and oxygen atoms in total. The molecule has 2 heteroatoms. The van der Waals surface area contributed by atoms with E-state index in [1.54, 1.807) is 0 Å². The van der Waals surface area contributed by atoms with Crippen LogP contribution in [0.3, 0.4) is 0 Å². The summed E-state index contributed by atoms with van der Waals surface area (Å²) in [4.78, 5) is 0. The van der Waals surface area contributed by atoms with Crippen molar-refractivity contribution in [3.8, 4) is 0 Å². The van der Waals surface area contributed by atoms with Gasteiger partial charge in [0.15, 0.2) is 0 Å². The first kappa shape index (κ1) is 11.4. The third-order valence-electron chi connectivity index (χ3n) is 0.408. The van der Waals surface area contributed by atoms with E-state index in [4.69, 9.17) is 4.74 Å². The van der Waals surface area contributed by atoms with Gasteiger partial charge in [-0.15, -0.1) is 0 Å². The fourth-order valence-electron chi connectivity index (χ4n) is 0.204. The average molecular weight is 110 g/mol. The third kappa shape index (κ3) is 31.0. The predicted octanol–water partition coefficient (Wildman–Crippen LogP) is 1.64. The van der Waals surface area contributed by atoms with Crippen LogP contribution in [0.1, 0.15) is 20.8 Å². The van der Waals surface area contributed by atoms with Gasteiger partial charge in [0.25, 0.3) is 0 Å². The fourth-order valence-corrected chi connectivity index (χ4v) is 0.204. The summed E-state index contributed by atoms with van der Waals surface area (Å²) in [5.41, 5.74) is 0. The van der Waals surface area contributed by atoms with Crippen molar-refractivity contribution in [2.45, 2.75) is 25.9 Å². The molecule has 0 saturated heterocycles. The summed E-state index contributed by atoms with van der Waals surface area (Å²) in [6.45, 7) is 7.79. The first-order valence-electron chi connectivity index (χ1n) is 3.41. The predicted molar refractivity (Wildman–Crippen MR) is 38.4 cm³/mol. The van der Waals surface area contributed by atoms with Gasteiger partial charge in [-0.3, -0.25) is 0 Å². The normalized spacial score (nSPS) is 7.62. The molecule has 0 radical (unpaired) electrons. The Bertz CT molecular complexity index is 22.5. The Morgan fingerprint density at radius 1 is 1.12 bits per heavy atom. The van der Waals surface area contributed by atoms with Gasteiger partial charge in [-0.05, 0) is 13.8 Å². The Morgan fingerprint density at radius 2 is 1.38 bits per heavy atom. The van der Waals surface area contributed by atoms with Crippen molar-refractivity contribution >= 4 is 17.7 Å². The number of ether oxygens (including phenoxy) is 1. The van der Waals surface area contributed by atoms with Crippen LogP contribution in [0, 0.1) is 0 Å². The van der Waals surface area contributed by atoms with Crippen molar-refractivity contribution in [2.75, 3.05) is 13.2 Å². The second-order valence-corrected chi connectivity index (χ2v) is 1.49. The van der Waals surface area contributed by atoms with Gasteiger partial charge < -0.3 is 4.74 Å². The van der Waals surface area contributed by atoms with E-state index >= 15 is 0 Å². The van der Waals surface area contributed by atoms with Crippen molar-refractivity contribution < 1.29 is 4.74 Å². The van der Waals surface area contributed by atoms with Crippen LogP contribution in [0.2, 0.25) is 5.09 Å². The average Bonchev–Trinajstić information content (AvgIpc) is 1.71. The summed E-state index contributed by atoms with van der Waals surface area (Å²) < 4.78 is 4.83. The molecule has 0 aliphatic heterocycles. The second-order valence-electron chi connectivity index (χ2n) is 1.49. The Morgan fingerprint density at radius 3 is 1.38 bits per heavy atom. The molecule has 0 aliphatic rings. The Kier molecular flexibility index (Phi) is 22.2. The van der Waals surface area contributed by atoms with E-state index in [2.05, 4.69) is 24.6 Å². The third-order valence-corrected chi connectivity index (χ3v) is 0.408. The molecule has 0 saturated carbocycles. The van der Waals surface area contributed by atoms with E-state index in [-0.39, 0.29) is 0 Å². The van der Waals surface area contributed by atoms with Crippen LogP contribution in [0.5, 0.6) is 0 Å². The van der Waals surface area contributed by atoms with Crippen molar-refractivity contribution in [3.05, 3.63) is 0 Å². The van der Waals surface area contributed by atoms with E-state index in [0.29, 0.717) is 0 Å². The second kappa shape index (κ2) is 15.6. The van der Waals surface area contributed by atoms with Gasteiger partial charge in [-0.1, -0.05) is 0 Å². The van der Waals surface area contributed by atoms with Gasteiger partial charge in [0, 0.05) is 13.2 Å². The maximum absolute atomic E-state index is 4.83. The van der Waals surface area contributed by atoms with E-state index in [1.807, 2.05) is 13.8 Å². The van der Waals surface area contributed by atoms with Crippen LogP contribution in [-0.2, 0) is 4.74 Å².